The highest BCUT2D eigenvalue weighted by molar-refractivity contribution is 5.61. The zero-order valence-corrected chi connectivity index (χ0v) is 15.1. The second-order valence-electron chi connectivity index (χ2n) is 9.13. The largest absolute Gasteiger partial charge is 0.504 e. The molecule has 25 heavy (non-hydrogen) atoms. The van der Waals surface area contributed by atoms with E-state index in [-0.39, 0.29) is 11.5 Å². The van der Waals surface area contributed by atoms with Gasteiger partial charge in [-0.1, -0.05) is 25.1 Å². The van der Waals surface area contributed by atoms with Crippen molar-refractivity contribution in [3.8, 4) is 11.5 Å². The van der Waals surface area contributed by atoms with Crippen LogP contribution in [-0.4, -0.2) is 34.7 Å². The first-order valence-electron chi connectivity index (χ1n) is 10.1. The fraction of sp³-hybridized carbons (Fsp3) is 0.636. The molecule has 6 atom stereocenters. The number of phenols is 1. The summed E-state index contributed by atoms with van der Waals surface area (Å²) >= 11 is 0. The molecule has 2 fully saturated rings. The van der Waals surface area contributed by atoms with Gasteiger partial charge >= 0.3 is 0 Å². The molecule has 3 aliphatic carbocycles. The molecule has 0 aromatic heterocycles. The van der Waals surface area contributed by atoms with E-state index in [1.54, 1.807) is 0 Å². The molecule has 0 radical (unpaired) electrons. The number of phenolic OH excluding ortho intramolecular Hbond substituents is 1. The summed E-state index contributed by atoms with van der Waals surface area (Å²) in [6.45, 7) is 5.90. The van der Waals surface area contributed by atoms with E-state index in [0.29, 0.717) is 29.7 Å². The van der Waals surface area contributed by atoms with Crippen LogP contribution in [0.5, 0.6) is 11.5 Å². The summed E-state index contributed by atoms with van der Waals surface area (Å²) in [4.78, 5) is 2.82. The van der Waals surface area contributed by atoms with Gasteiger partial charge in [0, 0.05) is 34.9 Å². The molecule has 1 saturated carbocycles. The molecular formula is C22H27NO2. The van der Waals surface area contributed by atoms with Crippen molar-refractivity contribution >= 4 is 0 Å². The second-order valence-corrected chi connectivity index (χ2v) is 9.13. The SMILES string of the molecule is C[C@H](C1CC1)N1CC[C@]23c4c5ccc(O)c4O[C@H]2[C@@H](C)C=C[C@H]3[C@H]1C5. The van der Waals surface area contributed by atoms with E-state index in [2.05, 4.69) is 37.0 Å². The minimum atomic E-state index is 0.0836. The van der Waals surface area contributed by atoms with Gasteiger partial charge in [-0.2, -0.15) is 0 Å². The van der Waals surface area contributed by atoms with Crippen LogP contribution in [0.1, 0.15) is 44.2 Å². The number of ether oxygens (including phenoxy) is 1. The standard InChI is InChI=1S/C22H27NO2/c1-12-3-7-16-17-11-15-6-8-18(24)20-19(15)22(16,21(12)25-20)9-10-23(17)13(2)14-4-5-14/h3,6-8,12-14,16-17,21,24H,4-5,9-11H2,1-2H3/t12-,13+,16-,17+,21-,22-/m0/s1. The Morgan fingerprint density at radius 3 is 2.92 bits per heavy atom. The van der Waals surface area contributed by atoms with Crippen LogP contribution in [0.15, 0.2) is 24.3 Å². The number of likely N-dealkylation sites (tertiary alicyclic amines) is 1. The average molecular weight is 337 g/mol. The zero-order chi connectivity index (χ0) is 16.9. The first-order chi connectivity index (χ1) is 12.1. The molecule has 6 rings (SSSR count). The molecule has 1 saturated heterocycles. The molecule has 2 heterocycles. The zero-order valence-electron chi connectivity index (χ0n) is 15.1. The molecule has 0 unspecified atom stereocenters. The molecule has 2 bridgehead atoms. The van der Waals surface area contributed by atoms with Gasteiger partial charge < -0.3 is 9.84 Å². The van der Waals surface area contributed by atoms with Crippen molar-refractivity contribution in [1.82, 2.24) is 4.90 Å². The van der Waals surface area contributed by atoms with Crippen LogP contribution in [-0.2, 0) is 11.8 Å². The van der Waals surface area contributed by atoms with E-state index in [4.69, 9.17) is 4.74 Å². The summed E-state index contributed by atoms with van der Waals surface area (Å²) in [7, 11) is 0. The molecular weight excluding hydrogens is 310 g/mol. The van der Waals surface area contributed by atoms with Gasteiger partial charge in [-0.15, -0.1) is 0 Å². The maximum Gasteiger partial charge on any atom is 0.165 e. The maximum atomic E-state index is 10.5. The van der Waals surface area contributed by atoms with Crippen LogP contribution in [0.4, 0.5) is 0 Å². The van der Waals surface area contributed by atoms with Crippen molar-refractivity contribution in [2.45, 2.75) is 63.1 Å². The summed E-state index contributed by atoms with van der Waals surface area (Å²) in [5.41, 5.74) is 2.86. The Morgan fingerprint density at radius 2 is 2.12 bits per heavy atom. The number of hydrogen-bond donors (Lipinski definition) is 1. The van der Waals surface area contributed by atoms with Gasteiger partial charge in [-0.05, 0) is 56.7 Å². The van der Waals surface area contributed by atoms with Crippen molar-refractivity contribution < 1.29 is 9.84 Å². The van der Waals surface area contributed by atoms with Crippen molar-refractivity contribution in [2.75, 3.05) is 6.54 Å². The average Bonchev–Trinajstić information content (AvgIpc) is 3.38. The molecule has 132 valence electrons. The summed E-state index contributed by atoms with van der Waals surface area (Å²) < 4.78 is 6.46. The Hall–Kier alpha value is -1.48. The molecule has 1 spiro atoms. The van der Waals surface area contributed by atoms with E-state index in [0.717, 1.165) is 24.5 Å². The summed E-state index contributed by atoms with van der Waals surface area (Å²) in [6, 6.07) is 5.31. The fourth-order valence-electron chi connectivity index (χ4n) is 6.70. The van der Waals surface area contributed by atoms with Crippen LogP contribution in [0.2, 0.25) is 0 Å². The van der Waals surface area contributed by atoms with Gasteiger partial charge in [0.05, 0.1) is 0 Å². The Kier molecular flexibility index (Phi) is 2.71. The Labute approximate surface area is 149 Å². The van der Waals surface area contributed by atoms with E-state index < -0.39 is 0 Å². The lowest BCUT2D eigenvalue weighted by molar-refractivity contribution is -0.0413. The Bertz CT molecular complexity index is 782. The van der Waals surface area contributed by atoms with Gasteiger partial charge in [-0.25, -0.2) is 0 Å². The third-order valence-electron chi connectivity index (χ3n) is 8.02. The topological polar surface area (TPSA) is 32.7 Å². The third kappa shape index (κ3) is 1.66. The van der Waals surface area contributed by atoms with Gasteiger partial charge in [0.2, 0.25) is 0 Å². The maximum absolute atomic E-state index is 10.5. The lowest BCUT2D eigenvalue weighted by Gasteiger charge is -2.58. The highest BCUT2D eigenvalue weighted by Gasteiger charge is 2.64. The van der Waals surface area contributed by atoms with Crippen molar-refractivity contribution in [3.63, 3.8) is 0 Å². The number of aromatic hydroxyl groups is 1. The van der Waals surface area contributed by atoms with Crippen molar-refractivity contribution in [2.24, 2.45) is 17.8 Å². The predicted octanol–water partition coefficient (Wildman–Crippen LogP) is 3.64. The number of benzene rings is 1. The third-order valence-corrected chi connectivity index (χ3v) is 8.02. The van der Waals surface area contributed by atoms with Gasteiger partial charge in [0.25, 0.3) is 0 Å². The highest BCUT2D eigenvalue weighted by atomic mass is 16.5. The van der Waals surface area contributed by atoms with E-state index >= 15 is 0 Å². The number of nitrogens with zero attached hydrogens (tertiary/aromatic N) is 1. The van der Waals surface area contributed by atoms with Crippen LogP contribution in [0.25, 0.3) is 0 Å². The molecule has 3 heteroatoms. The summed E-state index contributed by atoms with van der Waals surface area (Å²) in [6.07, 6.45) is 10.1. The lowest BCUT2D eigenvalue weighted by atomic mass is 9.52. The second kappa shape index (κ2) is 4.62. The molecule has 3 nitrogen and oxygen atoms in total. The van der Waals surface area contributed by atoms with Crippen molar-refractivity contribution in [3.05, 3.63) is 35.4 Å². The predicted molar refractivity (Wildman–Crippen MR) is 97.0 cm³/mol. The summed E-state index contributed by atoms with van der Waals surface area (Å²) in [5.74, 6) is 2.97. The number of piperidine rings is 1. The van der Waals surface area contributed by atoms with Gasteiger partial charge in [-0.3, -0.25) is 4.90 Å². The first-order valence-corrected chi connectivity index (χ1v) is 10.1. The highest BCUT2D eigenvalue weighted by Crippen LogP contribution is 2.63. The Morgan fingerprint density at radius 1 is 1.28 bits per heavy atom. The molecule has 0 amide bonds. The number of hydrogen-bond acceptors (Lipinski definition) is 3. The van der Waals surface area contributed by atoms with Crippen molar-refractivity contribution in [1.29, 1.82) is 0 Å². The van der Waals surface area contributed by atoms with Crippen LogP contribution in [0, 0.1) is 17.8 Å². The number of rotatable bonds is 2. The monoisotopic (exact) mass is 337 g/mol. The van der Waals surface area contributed by atoms with E-state index in [1.165, 1.54) is 30.5 Å². The summed E-state index contributed by atoms with van der Waals surface area (Å²) in [5, 5.41) is 10.5. The van der Waals surface area contributed by atoms with Gasteiger partial charge in [0.15, 0.2) is 11.5 Å². The van der Waals surface area contributed by atoms with Crippen LogP contribution in [0.3, 0.4) is 0 Å². The molecule has 1 aromatic carbocycles. The van der Waals surface area contributed by atoms with E-state index in [1.807, 2.05) is 6.07 Å². The van der Waals surface area contributed by atoms with Crippen LogP contribution >= 0.6 is 0 Å². The molecule has 2 aliphatic heterocycles. The molecule has 5 aliphatic rings. The molecule has 1 aromatic rings. The fourth-order valence-corrected chi connectivity index (χ4v) is 6.70. The lowest BCUT2D eigenvalue weighted by Crippen LogP contribution is -2.65. The minimum absolute atomic E-state index is 0.0836. The van der Waals surface area contributed by atoms with Crippen LogP contribution < -0.4 is 4.74 Å². The quantitative estimate of drug-likeness (QED) is 0.836. The smallest absolute Gasteiger partial charge is 0.165 e. The Balaban J connectivity index is 1.54. The molecule has 1 N–H and O–H groups in total. The minimum Gasteiger partial charge on any atom is -0.504 e. The normalized spacial score (nSPS) is 42.0. The first kappa shape index (κ1) is 14.7. The van der Waals surface area contributed by atoms with E-state index in [9.17, 15) is 5.11 Å². The van der Waals surface area contributed by atoms with Gasteiger partial charge in [0.1, 0.15) is 6.10 Å².